The average Bonchev–Trinajstić information content (AvgIpc) is 2.29. The quantitative estimate of drug-likeness (QED) is 0.823. The molecular formula is C13H15F3N2O3. The molecule has 0 bridgehead atoms. The number of rotatable bonds is 2. The van der Waals surface area contributed by atoms with Crippen LogP contribution in [0.1, 0.15) is 26.3 Å². The molecule has 1 aromatic carbocycles. The van der Waals surface area contributed by atoms with E-state index in [-0.39, 0.29) is 0 Å². The summed E-state index contributed by atoms with van der Waals surface area (Å²) in [6, 6.07) is 0.931. The molecule has 1 aromatic rings. The molecule has 116 valence electrons. The van der Waals surface area contributed by atoms with Crippen molar-refractivity contribution in [1.82, 2.24) is 10.9 Å². The summed E-state index contributed by atoms with van der Waals surface area (Å²) in [6.45, 7) is 4.87. The molecule has 0 aliphatic rings. The van der Waals surface area contributed by atoms with E-state index in [1.165, 1.54) is 0 Å². The number of hydrogen-bond donors (Lipinski definition) is 2. The predicted molar refractivity (Wildman–Crippen MR) is 67.5 cm³/mol. The van der Waals surface area contributed by atoms with Crippen LogP contribution in [0.2, 0.25) is 0 Å². The van der Waals surface area contributed by atoms with Crippen molar-refractivity contribution in [1.29, 1.82) is 0 Å². The maximum absolute atomic E-state index is 13.3. The normalized spacial score (nSPS) is 11.0. The lowest BCUT2D eigenvalue weighted by molar-refractivity contribution is -0.121. The minimum Gasteiger partial charge on any atom is -0.443 e. The molecule has 8 heteroatoms. The second-order valence-corrected chi connectivity index (χ2v) is 5.20. The lowest BCUT2D eigenvalue weighted by Gasteiger charge is -2.19. The van der Waals surface area contributed by atoms with Crippen LogP contribution in [0.3, 0.4) is 0 Å². The van der Waals surface area contributed by atoms with E-state index in [4.69, 9.17) is 4.74 Å². The third kappa shape index (κ3) is 5.72. The minimum absolute atomic E-state index is 0.465. The van der Waals surface area contributed by atoms with Crippen molar-refractivity contribution in [3.63, 3.8) is 0 Å². The van der Waals surface area contributed by atoms with Gasteiger partial charge in [-0.15, -0.1) is 0 Å². The Morgan fingerprint density at radius 1 is 1.10 bits per heavy atom. The molecular weight excluding hydrogens is 289 g/mol. The smallest absolute Gasteiger partial charge is 0.426 e. The largest absolute Gasteiger partial charge is 0.443 e. The van der Waals surface area contributed by atoms with E-state index in [1.54, 1.807) is 20.8 Å². The minimum atomic E-state index is -1.18. The van der Waals surface area contributed by atoms with E-state index >= 15 is 0 Å². The standard InChI is InChI=1S/C13H15F3N2O3/c1-13(2,3)21-12(20)18-17-11(19)6-8-9(15)4-7(14)5-10(8)16/h4-5H,6H2,1-3H3,(H,17,19)(H,18,20). The Morgan fingerprint density at radius 3 is 2.10 bits per heavy atom. The van der Waals surface area contributed by atoms with E-state index < -0.39 is 47.0 Å². The summed E-state index contributed by atoms with van der Waals surface area (Å²) in [5.74, 6) is -4.33. The number of ether oxygens (including phenoxy) is 1. The second kappa shape index (κ2) is 6.47. The summed E-state index contributed by atoms with van der Waals surface area (Å²) in [4.78, 5) is 22.7. The van der Waals surface area contributed by atoms with Gasteiger partial charge in [0.15, 0.2) is 0 Å². The first-order valence-electron chi connectivity index (χ1n) is 6.00. The number of benzene rings is 1. The van der Waals surface area contributed by atoms with Crippen molar-refractivity contribution in [3.8, 4) is 0 Å². The summed E-state index contributed by atoms with van der Waals surface area (Å²) in [5.41, 5.74) is 2.50. The van der Waals surface area contributed by atoms with Crippen LogP contribution in [0.4, 0.5) is 18.0 Å². The number of halogens is 3. The van der Waals surface area contributed by atoms with Crippen LogP contribution < -0.4 is 10.9 Å². The SMILES string of the molecule is CC(C)(C)OC(=O)NNC(=O)Cc1c(F)cc(F)cc1F. The molecule has 0 radical (unpaired) electrons. The van der Waals surface area contributed by atoms with Gasteiger partial charge in [0.1, 0.15) is 23.1 Å². The van der Waals surface area contributed by atoms with Gasteiger partial charge >= 0.3 is 6.09 Å². The van der Waals surface area contributed by atoms with E-state index in [0.717, 1.165) is 0 Å². The van der Waals surface area contributed by atoms with E-state index in [1.807, 2.05) is 10.9 Å². The first-order chi connectivity index (χ1) is 9.58. The van der Waals surface area contributed by atoms with Crippen LogP contribution in [-0.4, -0.2) is 17.6 Å². The maximum Gasteiger partial charge on any atom is 0.426 e. The monoisotopic (exact) mass is 304 g/mol. The van der Waals surface area contributed by atoms with Gasteiger partial charge in [-0.3, -0.25) is 10.2 Å². The Hall–Kier alpha value is -2.25. The van der Waals surface area contributed by atoms with Crippen molar-refractivity contribution in [3.05, 3.63) is 35.1 Å². The molecule has 0 atom stereocenters. The fraction of sp³-hybridized carbons (Fsp3) is 0.385. The van der Waals surface area contributed by atoms with Crippen LogP contribution in [0, 0.1) is 17.5 Å². The molecule has 2 amide bonds. The average molecular weight is 304 g/mol. The Morgan fingerprint density at radius 2 is 1.62 bits per heavy atom. The highest BCUT2D eigenvalue weighted by atomic mass is 19.1. The lowest BCUT2D eigenvalue weighted by atomic mass is 10.1. The first-order valence-corrected chi connectivity index (χ1v) is 6.00. The predicted octanol–water partition coefficient (Wildman–Crippen LogP) is 2.20. The van der Waals surface area contributed by atoms with Crippen molar-refractivity contribution in [2.24, 2.45) is 0 Å². The molecule has 5 nitrogen and oxygen atoms in total. The molecule has 0 aromatic heterocycles. The van der Waals surface area contributed by atoms with Crippen molar-refractivity contribution in [2.45, 2.75) is 32.8 Å². The summed E-state index contributed by atoms with van der Waals surface area (Å²) in [6.07, 6.45) is -1.62. The zero-order valence-corrected chi connectivity index (χ0v) is 11.7. The Balaban J connectivity index is 2.57. The third-order valence-electron chi connectivity index (χ3n) is 2.15. The molecule has 0 aliphatic carbocycles. The number of hydrogen-bond acceptors (Lipinski definition) is 3. The second-order valence-electron chi connectivity index (χ2n) is 5.20. The molecule has 0 fully saturated rings. The van der Waals surface area contributed by atoms with E-state index in [9.17, 15) is 22.8 Å². The van der Waals surface area contributed by atoms with Crippen molar-refractivity contribution in [2.75, 3.05) is 0 Å². The molecule has 1 rings (SSSR count). The van der Waals surface area contributed by atoms with Gasteiger partial charge in [-0.2, -0.15) is 0 Å². The fourth-order valence-electron chi connectivity index (χ4n) is 1.37. The summed E-state index contributed by atoms with van der Waals surface area (Å²) < 4.78 is 44.2. The number of carbonyl (C=O) groups excluding carboxylic acids is 2. The van der Waals surface area contributed by atoms with Gasteiger partial charge in [-0.1, -0.05) is 0 Å². The molecule has 0 unspecified atom stereocenters. The number of carbonyl (C=O) groups is 2. The fourth-order valence-corrected chi connectivity index (χ4v) is 1.37. The van der Waals surface area contributed by atoms with Gasteiger partial charge in [0.2, 0.25) is 5.91 Å². The van der Waals surface area contributed by atoms with Gasteiger partial charge in [-0.05, 0) is 20.8 Å². The zero-order valence-electron chi connectivity index (χ0n) is 11.7. The van der Waals surface area contributed by atoms with Gasteiger partial charge in [0.25, 0.3) is 0 Å². The Bertz CT molecular complexity index is 533. The van der Waals surface area contributed by atoms with Crippen LogP contribution in [0.15, 0.2) is 12.1 Å². The maximum atomic E-state index is 13.3. The summed E-state index contributed by atoms with van der Waals surface area (Å²) in [5, 5.41) is 0. The highest BCUT2D eigenvalue weighted by molar-refractivity contribution is 5.81. The van der Waals surface area contributed by atoms with Crippen LogP contribution in [0.25, 0.3) is 0 Å². The molecule has 0 heterocycles. The van der Waals surface area contributed by atoms with Crippen LogP contribution in [-0.2, 0) is 16.0 Å². The summed E-state index contributed by atoms with van der Waals surface area (Å²) in [7, 11) is 0. The van der Waals surface area contributed by atoms with E-state index in [2.05, 4.69) is 0 Å². The first kappa shape index (κ1) is 16.8. The molecule has 0 spiro atoms. The molecule has 2 N–H and O–H groups in total. The summed E-state index contributed by atoms with van der Waals surface area (Å²) >= 11 is 0. The van der Waals surface area contributed by atoms with Gasteiger partial charge in [-0.25, -0.2) is 23.4 Å². The molecule has 0 saturated carbocycles. The van der Waals surface area contributed by atoms with Gasteiger partial charge in [0.05, 0.1) is 6.42 Å². The van der Waals surface area contributed by atoms with Gasteiger partial charge in [0, 0.05) is 17.7 Å². The molecule has 21 heavy (non-hydrogen) atoms. The van der Waals surface area contributed by atoms with Crippen molar-refractivity contribution >= 4 is 12.0 Å². The Labute approximate surface area is 119 Å². The number of amides is 2. The number of nitrogens with one attached hydrogen (secondary N) is 2. The Kier molecular flexibility index (Phi) is 5.17. The highest BCUT2D eigenvalue weighted by Crippen LogP contribution is 2.15. The number of hydrazine groups is 1. The topological polar surface area (TPSA) is 67.4 Å². The highest BCUT2D eigenvalue weighted by Gasteiger charge is 2.18. The lowest BCUT2D eigenvalue weighted by Crippen LogP contribution is -2.45. The van der Waals surface area contributed by atoms with Crippen LogP contribution >= 0.6 is 0 Å². The molecule has 0 saturated heterocycles. The van der Waals surface area contributed by atoms with Crippen molar-refractivity contribution < 1.29 is 27.5 Å². The zero-order chi connectivity index (χ0) is 16.2. The van der Waals surface area contributed by atoms with Crippen LogP contribution in [0.5, 0.6) is 0 Å². The van der Waals surface area contributed by atoms with E-state index in [0.29, 0.717) is 12.1 Å². The third-order valence-corrected chi connectivity index (χ3v) is 2.15. The van der Waals surface area contributed by atoms with Gasteiger partial charge < -0.3 is 4.74 Å². The molecule has 0 aliphatic heterocycles.